The molecule has 114 valence electrons. The summed E-state index contributed by atoms with van der Waals surface area (Å²) in [5.74, 6) is 0.672. The van der Waals surface area contributed by atoms with E-state index in [9.17, 15) is 4.79 Å². The Hall–Kier alpha value is -2.11. The van der Waals surface area contributed by atoms with Gasteiger partial charge < -0.3 is 4.52 Å². The lowest BCUT2D eigenvalue weighted by molar-refractivity contribution is 0.101. The highest BCUT2D eigenvalue weighted by atomic mass is 16.5. The minimum Gasteiger partial charge on any atom is -0.338 e. The summed E-state index contributed by atoms with van der Waals surface area (Å²) < 4.78 is 6.83. The van der Waals surface area contributed by atoms with E-state index in [0.717, 1.165) is 23.4 Å². The first-order valence-corrected chi connectivity index (χ1v) is 7.23. The zero-order valence-electron chi connectivity index (χ0n) is 13.2. The predicted molar refractivity (Wildman–Crippen MR) is 80.4 cm³/mol. The highest BCUT2D eigenvalue weighted by Gasteiger charge is 2.18. The van der Waals surface area contributed by atoms with Crippen molar-refractivity contribution in [2.75, 3.05) is 5.32 Å². The van der Waals surface area contributed by atoms with Crippen LogP contribution in [0.3, 0.4) is 0 Å². The lowest BCUT2D eigenvalue weighted by atomic mass is 10.1. The van der Waals surface area contributed by atoms with Gasteiger partial charge in [-0.3, -0.25) is 14.8 Å². The molecule has 0 spiro atoms. The van der Waals surface area contributed by atoms with Crippen molar-refractivity contribution < 1.29 is 9.32 Å². The molecule has 0 saturated heterocycles. The Morgan fingerprint density at radius 1 is 1.43 bits per heavy atom. The Labute approximate surface area is 124 Å². The number of rotatable bonds is 5. The summed E-state index contributed by atoms with van der Waals surface area (Å²) in [7, 11) is 0. The van der Waals surface area contributed by atoms with Gasteiger partial charge in [0.05, 0.1) is 11.4 Å². The molecule has 0 unspecified atom stereocenters. The molecule has 21 heavy (non-hydrogen) atoms. The summed E-state index contributed by atoms with van der Waals surface area (Å²) in [6.07, 6.45) is 0.855. The number of aryl methyl sites for hydroxylation is 2. The summed E-state index contributed by atoms with van der Waals surface area (Å²) in [4.78, 5) is 12.4. The minimum atomic E-state index is -0.224. The van der Waals surface area contributed by atoms with Crippen LogP contribution in [0, 0.1) is 19.8 Å². The van der Waals surface area contributed by atoms with Gasteiger partial charge in [0, 0.05) is 12.1 Å². The quantitative estimate of drug-likeness (QED) is 0.918. The van der Waals surface area contributed by atoms with E-state index in [4.69, 9.17) is 4.52 Å². The molecule has 0 fully saturated rings. The molecule has 0 saturated carbocycles. The van der Waals surface area contributed by atoms with Crippen molar-refractivity contribution in [3.63, 3.8) is 0 Å². The van der Waals surface area contributed by atoms with Gasteiger partial charge in [-0.05, 0) is 39.2 Å². The minimum absolute atomic E-state index is 0.224. The Balaban J connectivity index is 2.22. The van der Waals surface area contributed by atoms with Gasteiger partial charge in [-0.25, -0.2) is 0 Å². The zero-order valence-corrected chi connectivity index (χ0v) is 13.2. The van der Waals surface area contributed by atoms with Crippen LogP contribution in [0.25, 0.3) is 0 Å². The number of nitrogens with one attached hydrogen (secondary N) is 1. The van der Waals surface area contributed by atoms with Crippen LogP contribution in [-0.4, -0.2) is 20.8 Å². The van der Waals surface area contributed by atoms with Crippen molar-refractivity contribution >= 4 is 11.8 Å². The third kappa shape index (κ3) is 3.32. The number of anilines is 1. The van der Waals surface area contributed by atoms with Gasteiger partial charge in [0.1, 0.15) is 5.69 Å². The van der Waals surface area contributed by atoms with E-state index in [1.807, 2.05) is 26.8 Å². The van der Waals surface area contributed by atoms with Gasteiger partial charge in [-0.1, -0.05) is 19.0 Å². The fourth-order valence-corrected chi connectivity index (χ4v) is 2.11. The summed E-state index contributed by atoms with van der Waals surface area (Å²) in [5, 5.41) is 11.1. The topological polar surface area (TPSA) is 73.0 Å². The Morgan fingerprint density at radius 2 is 2.14 bits per heavy atom. The summed E-state index contributed by atoms with van der Waals surface area (Å²) >= 11 is 0. The molecule has 2 aromatic heterocycles. The van der Waals surface area contributed by atoms with Gasteiger partial charge in [0.25, 0.3) is 5.91 Å². The van der Waals surface area contributed by atoms with Crippen LogP contribution in [-0.2, 0) is 13.0 Å². The van der Waals surface area contributed by atoms with Crippen molar-refractivity contribution in [3.05, 3.63) is 28.7 Å². The maximum atomic E-state index is 12.4. The summed E-state index contributed by atoms with van der Waals surface area (Å²) in [5.41, 5.74) is 3.09. The molecule has 0 radical (unpaired) electrons. The highest BCUT2D eigenvalue weighted by Crippen LogP contribution is 2.19. The molecule has 0 bridgehead atoms. The van der Waals surface area contributed by atoms with Gasteiger partial charge in [0.15, 0.2) is 0 Å². The summed E-state index contributed by atoms with van der Waals surface area (Å²) in [6.45, 7) is 10.6. The number of carbonyl (C=O) groups excluding carboxylic acids is 1. The lowest BCUT2D eigenvalue weighted by Crippen LogP contribution is -2.17. The van der Waals surface area contributed by atoms with Gasteiger partial charge in [-0.15, -0.1) is 0 Å². The molecule has 1 amide bonds. The highest BCUT2D eigenvalue weighted by molar-refractivity contribution is 6.02. The van der Waals surface area contributed by atoms with Gasteiger partial charge in [-0.2, -0.15) is 5.10 Å². The fourth-order valence-electron chi connectivity index (χ4n) is 2.11. The molecule has 2 aromatic rings. The van der Waals surface area contributed by atoms with E-state index in [1.165, 1.54) is 0 Å². The van der Waals surface area contributed by atoms with E-state index in [2.05, 4.69) is 29.4 Å². The van der Waals surface area contributed by atoms with E-state index in [1.54, 1.807) is 4.68 Å². The van der Waals surface area contributed by atoms with Crippen LogP contribution in [0.15, 0.2) is 10.6 Å². The Bertz CT molecular complexity index is 640. The van der Waals surface area contributed by atoms with Crippen LogP contribution < -0.4 is 5.32 Å². The van der Waals surface area contributed by atoms with E-state index < -0.39 is 0 Å². The molecule has 0 atom stereocenters. The molecule has 1 N–H and O–H groups in total. The Morgan fingerprint density at radius 3 is 2.67 bits per heavy atom. The second-order valence-corrected chi connectivity index (χ2v) is 5.61. The first kappa shape index (κ1) is 15.3. The number of aromatic nitrogens is 3. The van der Waals surface area contributed by atoms with Crippen LogP contribution in [0.4, 0.5) is 5.88 Å². The van der Waals surface area contributed by atoms with E-state index in [-0.39, 0.29) is 5.91 Å². The van der Waals surface area contributed by atoms with Crippen molar-refractivity contribution in [1.82, 2.24) is 14.9 Å². The molecule has 0 aliphatic carbocycles. The molecule has 2 rings (SSSR count). The number of hydrogen-bond acceptors (Lipinski definition) is 4. The first-order chi connectivity index (χ1) is 9.92. The van der Waals surface area contributed by atoms with Crippen molar-refractivity contribution in [3.8, 4) is 0 Å². The normalized spacial score (nSPS) is 11.1. The smallest absolute Gasteiger partial charge is 0.276 e. The monoisotopic (exact) mass is 290 g/mol. The maximum absolute atomic E-state index is 12.4. The van der Waals surface area contributed by atoms with Crippen LogP contribution in [0.5, 0.6) is 0 Å². The van der Waals surface area contributed by atoms with Crippen LogP contribution in [0.2, 0.25) is 0 Å². The Kier molecular flexibility index (Phi) is 4.45. The molecule has 6 nitrogen and oxygen atoms in total. The maximum Gasteiger partial charge on any atom is 0.276 e. The van der Waals surface area contributed by atoms with Crippen molar-refractivity contribution in [2.24, 2.45) is 5.92 Å². The predicted octanol–water partition coefficient (Wildman–Crippen LogP) is 2.96. The second-order valence-electron chi connectivity index (χ2n) is 5.61. The number of carbonyl (C=O) groups is 1. The number of nitrogens with zero attached hydrogens (tertiary/aromatic N) is 3. The third-order valence-corrected chi connectivity index (χ3v) is 3.36. The third-order valence-electron chi connectivity index (χ3n) is 3.36. The molecular weight excluding hydrogens is 268 g/mol. The summed E-state index contributed by atoms with van der Waals surface area (Å²) in [6, 6.07) is 1.84. The molecular formula is C15H22N4O2. The van der Waals surface area contributed by atoms with Gasteiger partial charge >= 0.3 is 0 Å². The molecule has 0 aliphatic rings. The zero-order chi connectivity index (χ0) is 15.6. The van der Waals surface area contributed by atoms with Crippen LogP contribution >= 0.6 is 0 Å². The van der Waals surface area contributed by atoms with E-state index >= 15 is 0 Å². The average Bonchev–Trinajstić information content (AvgIpc) is 2.96. The molecule has 6 heteroatoms. The standard InChI is InChI=1S/C15H22N4O2/c1-6-19-13(8-12(17-19)7-9(2)3)14(20)16-15-10(4)11(5)18-21-15/h8-9H,6-7H2,1-5H3,(H,16,20). The van der Waals surface area contributed by atoms with Crippen LogP contribution in [0.1, 0.15) is 48.2 Å². The molecule has 2 heterocycles. The average molecular weight is 290 g/mol. The van der Waals surface area contributed by atoms with Crippen molar-refractivity contribution in [2.45, 2.75) is 47.6 Å². The fraction of sp³-hybridized carbons (Fsp3) is 0.533. The van der Waals surface area contributed by atoms with Crippen molar-refractivity contribution in [1.29, 1.82) is 0 Å². The largest absolute Gasteiger partial charge is 0.338 e. The second kappa shape index (κ2) is 6.11. The first-order valence-electron chi connectivity index (χ1n) is 7.23. The SMILES string of the molecule is CCn1nc(CC(C)C)cc1C(=O)Nc1onc(C)c1C. The molecule has 0 aromatic carbocycles. The lowest BCUT2D eigenvalue weighted by Gasteiger charge is -2.04. The number of hydrogen-bond donors (Lipinski definition) is 1. The van der Waals surface area contributed by atoms with Gasteiger partial charge in [0.2, 0.25) is 5.88 Å². The molecule has 0 aliphatic heterocycles. The van der Waals surface area contributed by atoms with E-state index in [0.29, 0.717) is 24.0 Å². The number of amides is 1.